The maximum absolute atomic E-state index is 10.3. The Labute approximate surface area is 133 Å². The third-order valence-electron chi connectivity index (χ3n) is 3.73. The highest BCUT2D eigenvalue weighted by atomic mass is 79.9. The average molecular weight is 360 g/mol. The van der Waals surface area contributed by atoms with Crippen molar-refractivity contribution in [3.63, 3.8) is 0 Å². The normalized spacial score (nSPS) is 26.8. The van der Waals surface area contributed by atoms with Crippen molar-refractivity contribution >= 4 is 15.9 Å². The molecule has 3 N–H and O–H groups in total. The Morgan fingerprint density at radius 3 is 2.81 bits per heavy atom. The van der Waals surface area contributed by atoms with Gasteiger partial charge >= 0.3 is 0 Å². The zero-order valence-electron chi connectivity index (χ0n) is 12.1. The Bertz CT molecular complexity index is 442. The minimum absolute atomic E-state index is 0.179. The molecule has 21 heavy (non-hydrogen) atoms. The van der Waals surface area contributed by atoms with Crippen molar-refractivity contribution < 1.29 is 19.7 Å². The highest BCUT2D eigenvalue weighted by Crippen LogP contribution is 2.24. The lowest BCUT2D eigenvalue weighted by atomic mass is 9.97. The van der Waals surface area contributed by atoms with E-state index in [0.717, 1.165) is 4.47 Å². The summed E-state index contributed by atoms with van der Waals surface area (Å²) in [5.41, 5.74) is -0.841. The van der Waals surface area contributed by atoms with E-state index < -0.39 is 11.7 Å². The van der Waals surface area contributed by atoms with Gasteiger partial charge in [0.25, 0.3) is 0 Å². The summed E-state index contributed by atoms with van der Waals surface area (Å²) >= 11 is 3.35. The van der Waals surface area contributed by atoms with E-state index in [9.17, 15) is 10.2 Å². The number of aliphatic hydroxyl groups excluding tert-OH is 1. The van der Waals surface area contributed by atoms with Crippen molar-refractivity contribution in [2.75, 3.05) is 26.3 Å². The van der Waals surface area contributed by atoms with Crippen molar-refractivity contribution in [2.45, 2.75) is 31.2 Å². The van der Waals surface area contributed by atoms with Crippen molar-refractivity contribution in [1.29, 1.82) is 0 Å². The molecule has 6 heteroatoms. The van der Waals surface area contributed by atoms with Gasteiger partial charge in [0.1, 0.15) is 24.1 Å². The van der Waals surface area contributed by atoms with E-state index in [2.05, 4.69) is 21.2 Å². The van der Waals surface area contributed by atoms with Gasteiger partial charge < -0.3 is 25.0 Å². The number of halogens is 1. The number of hydrogen-bond donors (Lipinski definition) is 3. The van der Waals surface area contributed by atoms with Crippen molar-refractivity contribution in [3.8, 4) is 5.75 Å². The molecule has 1 saturated heterocycles. The number of rotatable bonds is 7. The summed E-state index contributed by atoms with van der Waals surface area (Å²) in [6.07, 6.45) is -0.192. The quantitative estimate of drug-likeness (QED) is 0.684. The first-order valence-electron chi connectivity index (χ1n) is 7.11. The molecule has 0 aliphatic carbocycles. The van der Waals surface area contributed by atoms with Gasteiger partial charge in [0.05, 0.1) is 6.10 Å². The highest BCUT2D eigenvalue weighted by Gasteiger charge is 2.39. The fraction of sp³-hybridized carbons (Fsp3) is 0.600. The number of ether oxygens (including phenoxy) is 2. The van der Waals surface area contributed by atoms with Crippen LogP contribution in [0.4, 0.5) is 0 Å². The molecule has 1 aromatic carbocycles. The van der Waals surface area contributed by atoms with Crippen LogP contribution in [-0.2, 0) is 4.74 Å². The van der Waals surface area contributed by atoms with E-state index in [4.69, 9.17) is 9.47 Å². The predicted octanol–water partition coefficient (Wildman–Crippen LogP) is 1.32. The van der Waals surface area contributed by atoms with E-state index >= 15 is 0 Å². The monoisotopic (exact) mass is 359 g/mol. The number of benzene rings is 1. The second-order valence-electron chi connectivity index (χ2n) is 5.42. The van der Waals surface area contributed by atoms with Crippen LogP contribution < -0.4 is 10.1 Å². The first-order valence-corrected chi connectivity index (χ1v) is 7.90. The molecule has 5 nitrogen and oxygen atoms in total. The molecule has 3 atom stereocenters. The van der Waals surface area contributed by atoms with Gasteiger partial charge in [0.15, 0.2) is 0 Å². The Morgan fingerprint density at radius 2 is 2.19 bits per heavy atom. The van der Waals surface area contributed by atoms with Crippen LogP contribution in [0.15, 0.2) is 28.7 Å². The molecule has 0 spiro atoms. The van der Waals surface area contributed by atoms with E-state index in [1.807, 2.05) is 31.2 Å². The molecule has 118 valence electrons. The van der Waals surface area contributed by atoms with Crippen LogP contribution in [0.5, 0.6) is 5.75 Å². The Balaban J connectivity index is 1.65. The van der Waals surface area contributed by atoms with Gasteiger partial charge in [-0.1, -0.05) is 15.9 Å². The number of nitrogens with one attached hydrogen (secondary N) is 1. The van der Waals surface area contributed by atoms with Gasteiger partial charge in [0.2, 0.25) is 0 Å². The fourth-order valence-corrected chi connectivity index (χ4v) is 2.50. The van der Waals surface area contributed by atoms with Gasteiger partial charge in [-0.15, -0.1) is 0 Å². The Hall–Kier alpha value is -0.660. The minimum atomic E-state index is -0.841. The molecular weight excluding hydrogens is 338 g/mol. The predicted molar refractivity (Wildman–Crippen MR) is 83.5 cm³/mol. The summed E-state index contributed by atoms with van der Waals surface area (Å²) in [7, 11) is 0. The molecule has 1 fully saturated rings. The van der Waals surface area contributed by atoms with Gasteiger partial charge in [-0.3, -0.25) is 0 Å². The third-order valence-corrected chi connectivity index (χ3v) is 4.26. The van der Waals surface area contributed by atoms with Crippen LogP contribution in [0, 0.1) is 0 Å². The first kappa shape index (κ1) is 16.7. The standard InChI is InChI=1S/C15H22BrNO4/c1-11-15(19,6-7-20-11)10-17-8-13(18)9-21-14-4-2-12(16)3-5-14/h2-5,11,13,17-19H,6-10H2,1H3. The van der Waals surface area contributed by atoms with Gasteiger partial charge in [-0.2, -0.15) is 0 Å². The molecular formula is C15H22BrNO4. The number of hydrogen-bond acceptors (Lipinski definition) is 5. The molecule has 2 rings (SSSR count). The SMILES string of the molecule is CC1OCCC1(O)CNCC(O)COc1ccc(Br)cc1. The molecule has 1 heterocycles. The van der Waals surface area contributed by atoms with Crippen LogP contribution in [0.2, 0.25) is 0 Å². The summed E-state index contributed by atoms with van der Waals surface area (Å²) in [4.78, 5) is 0. The van der Waals surface area contributed by atoms with E-state index in [0.29, 0.717) is 31.9 Å². The lowest BCUT2D eigenvalue weighted by Crippen LogP contribution is -2.47. The lowest BCUT2D eigenvalue weighted by Gasteiger charge is -2.26. The van der Waals surface area contributed by atoms with Crippen LogP contribution in [0.25, 0.3) is 0 Å². The minimum Gasteiger partial charge on any atom is -0.491 e. The van der Waals surface area contributed by atoms with Crippen molar-refractivity contribution in [1.82, 2.24) is 5.32 Å². The molecule has 0 amide bonds. The lowest BCUT2D eigenvalue weighted by molar-refractivity contribution is -0.0279. The highest BCUT2D eigenvalue weighted by molar-refractivity contribution is 9.10. The van der Waals surface area contributed by atoms with Gasteiger partial charge in [-0.25, -0.2) is 0 Å². The summed E-state index contributed by atoms with van der Waals surface area (Å²) < 4.78 is 11.8. The fourth-order valence-electron chi connectivity index (χ4n) is 2.24. The summed E-state index contributed by atoms with van der Waals surface area (Å²) in [6, 6.07) is 7.45. The van der Waals surface area contributed by atoms with E-state index in [-0.39, 0.29) is 12.7 Å². The molecule has 0 saturated carbocycles. The molecule has 0 bridgehead atoms. The second-order valence-corrected chi connectivity index (χ2v) is 6.33. The maximum Gasteiger partial charge on any atom is 0.119 e. The van der Waals surface area contributed by atoms with Crippen LogP contribution >= 0.6 is 15.9 Å². The average Bonchev–Trinajstić information content (AvgIpc) is 2.78. The largest absolute Gasteiger partial charge is 0.491 e. The van der Waals surface area contributed by atoms with Gasteiger partial charge in [0, 0.05) is 30.6 Å². The summed E-state index contributed by atoms with van der Waals surface area (Å²) in [5.74, 6) is 0.716. The number of aliphatic hydroxyl groups is 2. The van der Waals surface area contributed by atoms with E-state index in [1.54, 1.807) is 0 Å². The zero-order valence-corrected chi connectivity index (χ0v) is 13.7. The first-order chi connectivity index (χ1) is 9.99. The molecule has 1 aliphatic heterocycles. The molecule has 0 aromatic heterocycles. The molecule has 1 aliphatic rings. The van der Waals surface area contributed by atoms with Crippen LogP contribution in [-0.4, -0.2) is 54.3 Å². The Kier molecular flexibility index (Phi) is 6.01. The van der Waals surface area contributed by atoms with Crippen LogP contribution in [0.1, 0.15) is 13.3 Å². The van der Waals surface area contributed by atoms with E-state index in [1.165, 1.54) is 0 Å². The molecule has 0 radical (unpaired) electrons. The summed E-state index contributed by atoms with van der Waals surface area (Å²) in [5, 5.41) is 23.3. The molecule has 1 aromatic rings. The Morgan fingerprint density at radius 1 is 1.48 bits per heavy atom. The van der Waals surface area contributed by atoms with Crippen molar-refractivity contribution in [3.05, 3.63) is 28.7 Å². The van der Waals surface area contributed by atoms with Crippen LogP contribution in [0.3, 0.4) is 0 Å². The summed E-state index contributed by atoms with van der Waals surface area (Å²) in [6.45, 7) is 3.42. The van der Waals surface area contributed by atoms with Gasteiger partial charge in [-0.05, 0) is 31.2 Å². The smallest absolute Gasteiger partial charge is 0.119 e. The maximum atomic E-state index is 10.3. The topological polar surface area (TPSA) is 71.0 Å². The second kappa shape index (κ2) is 7.56. The van der Waals surface area contributed by atoms with Crippen molar-refractivity contribution in [2.24, 2.45) is 0 Å². The third kappa shape index (κ3) is 4.93. The molecule has 3 unspecified atom stereocenters. The zero-order chi connectivity index (χ0) is 15.3.